The van der Waals surface area contributed by atoms with Gasteiger partial charge in [0.2, 0.25) is 11.8 Å². The van der Waals surface area contributed by atoms with Crippen molar-refractivity contribution in [2.45, 2.75) is 70.6 Å². The molecule has 3 aliphatic rings. The van der Waals surface area contributed by atoms with Crippen molar-refractivity contribution in [3.63, 3.8) is 0 Å². The highest BCUT2D eigenvalue weighted by atomic mass is 16.6. The van der Waals surface area contributed by atoms with Crippen LogP contribution in [-0.2, 0) is 20.7 Å². The van der Waals surface area contributed by atoms with Crippen LogP contribution in [0.5, 0.6) is 0 Å². The van der Waals surface area contributed by atoms with E-state index in [2.05, 4.69) is 10.4 Å². The Labute approximate surface area is 231 Å². The first kappa shape index (κ1) is 26.0. The summed E-state index contributed by atoms with van der Waals surface area (Å²) in [5.41, 5.74) is 2.43. The van der Waals surface area contributed by atoms with Crippen molar-refractivity contribution < 1.29 is 23.9 Å². The lowest BCUT2D eigenvalue weighted by Gasteiger charge is -2.33. The Morgan fingerprint density at radius 2 is 1.88 bits per heavy atom. The number of ether oxygens (including phenoxy) is 1. The number of carbonyl (C=O) groups excluding carboxylic acids is 4. The van der Waals surface area contributed by atoms with E-state index in [1.165, 1.54) is 4.90 Å². The van der Waals surface area contributed by atoms with Gasteiger partial charge in [-0.3, -0.25) is 34.3 Å². The van der Waals surface area contributed by atoms with Crippen LogP contribution in [0.15, 0.2) is 36.8 Å². The molecule has 11 nitrogen and oxygen atoms in total. The zero-order chi connectivity index (χ0) is 28.2. The molecule has 2 fully saturated rings. The van der Waals surface area contributed by atoms with Crippen LogP contribution in [0.2, 0.25) is 0 Å². The molecule has 1 atom stereocenters. The number of hydrogen-bond donors (Lipinski definition) is 1. The molecule has 11 heteroatoms. The van der Waals surface area contributed by atoms with Gasteiger partial charge in [-0.15, -0.1) is 0 Å². The zero-order valence-electron chi connectivity index (χ0n) is 22.8. The number of aromatic nitrogens is 3. The van der Waals surface area contributed by atoms with Gasteiger partial charge in [0.05, 0.1) is 29.8 Å². The van der Waals surface area contributed by atoms with E-state index in [1.54, 1.807) is 17.2 Å². The van der Waals surface area contributed by atoms with Gasteiger partial charge in [0.1, 0.15) is 11.6 Å². The molecule has 0 spiro atoms. The lowest BCUT2D eigenvalue weighted by Crippen LogP contribution is -2.53. The van der Waals surface area contributed by atoms with Gasteiger partial charge in [-0.25, -0.2) is 4.79 Å². The van der Waals surface area contributed by atoms with Crippen molar-refractivity contribution in [1.29, 1.82) is 0 Å². The van der Waals surface area contributed by atoms with Crippen LogP contribution in [0.4, 0.5) is 10.5 Å². The van der Waals surface area contributed by atoms with Gasteiger partial charge >= 0.3 is 6.09 Å². The molecule has 5 heterocycles. The molecule has 2 saturated heterocycles. The number of anilines is 1. The summed E-state index contributed by atoms with van der Waals surface area (Å²) in [6, 6.07) is 5.00. The average Bonchev–Trinajstić information content (AvgIpc) is 3.49. The fourth-order valence-electron chi connectivity index (χ4n) is 5.82. The Morgan fingerprint density at radius 1 is 1.10 bits per heavy atom. The molecule has 1 N–H and O–H groups in total. The number of rotatable bonds is 4. The Balaban J connectivity index is 1.19. The largest absolute Gasteiger partial charge is 0.444 e. The smallest absolute Gasteiger partial charge is 0.410 e. The lowest BCUT2D eigenvalue weighted by atomic mass is 10.0. The number of imide groups is 1. The number of carbonyl (C=O) groups is 4. The molecule has 2 aromatic heterocycles. The first-order valence-electron chi connectivity index (χ1n) is 13.7. The van der Waals surface area contributed by atoms with Crippen LogP contribution in [0.1, 0.15) is 74.1 Å². The number of piperidine rings is 2. The second-order valence-electron chi connectivity index (χ2n) is 11.7. The van der Waals surface area contributed by atoms with E-state index in [-0.39, 0.29) is 36.8 Å². The van der Waals surface area contributed by atoms with Crippen LogP contribution in [-0.4, -0.2) is 68.2 Å². The van der Waals surface area contributed by atoms with Gasteiger partial charge < -0.3 is 9.64 Å². The molecule has 0 bridgehead atoms. The fraction of sp³-hybridized carbons (Fsp3) is 0.448. The highest BCUT2D eigenvalue weighted by Crippen LogP contribution is 2.40. The van der Waals surface area contributed by atoms with Gasteiger partial charge in [0.25, 0.3) is 5.91 Å². The summed E-state index contributed by atoms with van der Waals surface area (Å²) >= 11 is 0. The number of amides is 4. The van der Waals surface area contributed by atoms with Crippen molar-refractivity contribution in [3.8, 4) is 0 Å². The molecule has 0 radical (unpaired) electrons. The van der Waals surface area contributed by atoms with Crippen molar-refractivity contribution >= 4 is 40.3 Å². The topological polar surface area (TPSA) is 127 Å². The van der Waals surface area contributed by atoms with E-state index < -0.39 is 17.6 Å². The molecule has 1 aromatic carbocycles. The van der Waals surface area contributed by atoms with Crippen molar-refractivity contribution in [2.24, 2.45) is 0 Å². The Morgan fingerprint density at radius 3 is 2.60 bits per heavy atom. The first-order chi connectivity index (χ1) is 19.1. The van der Waals surface area contributed by atoms with E-state index in [1.807, 2.05) is 50.0 Å². The minimum absolute atomic E-state index is 0.188. The molecule has 6 rings (SSSR count). The normalized spacial score (nSPS) is 19.9. The third-order valence-corrected chi connectivity index (χ3v) is 7.72. The van der Waals surface area contributed by atoms with E-state index in [0.29, 0.717) is 30.8 Å². The molecular weight excluding hydrogens is 512 g/mol. The fourth-order valence-corrected chi connectivity index (χ4v) is 5.82. The molecule has 3 aliphatic heterocycles. The van der Waals surface area contributed by atoms with Gasteiger partial charge in [-0.2, -0.15) is 5.10 Å². The molecule has 1 unspecified atom stereocenters. The van der Waals surface area contributed by atoms with E-state index >= 15 is 0 Å². The SMILES string of the molecule is CC(C)(C)OC(=O)N1CCC(n2cc(Cc3ncc4c5c(cccc35)C(=O)N4C3CCC(=O)NC3=O)cn2)CC1. The highest BCUT2D eigenvalue weighted by molar-refractivity contribution is 6.27. The zero-order valence-corrected chi connectivity index (χ0v) is 22.8. The van der Waals surface area contributed by atoms with Crippen molar-refractivity contribution in [3.05, 3.63) is 53.6 Å². The first-order valence-corrected chi connectivity index (χ1v) is 13.7. The second-order valence-corrected chi connectivity index (χ2v) is 11.7. The Hall–Kier alpha value is -4.28. The third-order valence-electron chi connectivity index (χ3n) is 7.72. The number of hydrogen-bond acceptors (Lipinski definition) is 7. The number of likely N-dealkylation sites (tertiary alicyclic amines) is 1. The second kappa shape index (κ2) is 9.72. The molecule has 0 aliphatic carbocycles. The van der Waals surface area contributed by atoms with Crippen LogP contribution in [0, 0.1) is 0 Å². The highest BCUT2D eigenvalue weighted by Gasteiger charge is 2.41. The van der Waals surface area contributed by atoms with Gasteiger partial charge in [-0.05, 0) is 51.7 Å². The lowest BCUT2D eigenvalue weighted by molar-refractivity contribution is -0.134. The van der Waals surface area contributed by atoms with E-state index in [4.69, 9.17) is 9.72 Å². The van der Waals surface area contributed by atoms with Crippen molar-refractivity contribution in [2.75, 3.05) is 18.0 Å². The number of nitrogens with zero attached hydrogens (tertiary/aromatic N) is 5. The summed E-state index contributed by atoms with van der Waals surface area (Å²) in [4.78, 5) is 58.0. The minimum Gasteiger partial charge on any atom is -0.444 e. The summed E-state index contributed by atoms with van der Waals surface area (Å²) in [6.07, 6.45) is 7.83. The molecule has 40 heavy (non-hydrogen) atoms. The monoisotopic (exact) mass is 544 g/mol. The maximum Gasteiger partial charge on any atom is 0.410 e. The van der Waals surface area contributed by atoms with E-state index in [9.17, 15) is 19.2 Å². The maximum absolute atomic E-state index is 13.4. The summed E-state index contributed by atoms with van der Waals surface area (Å²) in [7, 11) is 0. The summed E-state index contributed by atoms with van der Waals surface area (Å²) in [5.74, 6) is -1.03. The molecule has 3 aromatic rings. The summed E-state index contributed by atoms with van der Waals surface area (Å²) < 4.78 is 7.47. The Bertz CT molecular complexity index is 1530. The predicted octanol–water partition coefficient (Wildman–Crippen LogP) is 3.36. The van der Waals surface area contributed by atoms with Crippen LogP contribution >= 0.6 is 0 Å². The van der Waals surface area contributed by atoms with E-state index in [0.717, 1.165) is 34.9 Å². The predicted molar refractivity (Wildman–Crippen MR) is 146 cm³/mol. The summed E-state index contributed by atoms with van der Waals surface area (Å²) in [6.45, 7) is 6.83. The molecular formula is C29H32N6O5. The minimum atomic E-state index is -0.742. The summed E-state index contributed by atoms with van der Waals surface area (Å²) in [5, 5.41) is 8.60. The molecule has 208 valence electrons. The van der Waals surface area contributed by atoms with Gasteiger partial charge in [0.15, 0.2) is 0 Å². The van der Waals surface area contributed by atoms with Crippen LogP contribution in [0.3, 0.4) is 0 Å². The van der Waals surface area contributed by atoms with Crippen molar-refractivity contribution in [1.82, 2.24) is 25.0 Å². The third kappa shape index (κ3) is 4.69. The molecule has 0 saturated carbocycles. The van der Waals surface area contributed by atoms with Gasteiger partial charge in [-0.1, -0.05) is 12.1 Å². The number of pyridine rings is 1. The number of benzene rings is 1. The molecule has 4 amide bonds. The van der Waals surface area contributed by atoms with Crippen LogP contribution in [0.25, 0.3) is 10.8 Å². The quantitative estimate of drug-likeness (QED) is 0.499. The van der Waals surface area contributed by atoms with Crippen LogP contribution < -0.4 is 10.2 Å². The average molecular weight is 545 g/mol. The standard InChI is InChI=1S/C29H32N6O5/c1-29(2,3)40-28(39)33-11-9-18(10-12-33)34-16-17(14-31-34)13-21-19-5-4-6-20-25(19)23(15-30-21)35(27(20)38)22-7-8-24(36)32-26(22)37/h4-6,14-16,18,22H,7-13H2,1-3H3,(H,32,36,37). The Kier molecular flexibility index (Phi) is 6.31. The number of nitrogens with one attached hydrogen (secondary N) is 1. The van der Waals surface area contributed by atoms with Gasteiger partial charge in [0, 0.05) is 48.5 Å². The maximum atomic E-state index is 13.4.